The summed E-state index contributed by atoms with van der Waals surface area (Å²) in [5, 5.41) is 11.6. The maximum absolute atomic E-state index is 5.64. The summed E-state index contributed by atoms with van der Waals surface area (Å²) in [6.07, 6.45) is 4.26. The van der Waals surface area contributed by atoms with Gasteiger partial charge < -0.3 is 10.6 Å². The number of nitrogens with zero attached hydrogens (tertiary/aromatic N) is 6. The van der Waals surface area contributed by atoms with E-state index < -0.39 is 0 Å². The zero-order chi connectivity index (χ0) is 13.8. The molecular weight excluding hydrogens is 254 g/mol. The number of para-hydroxylation sites is 1. The van der Waals surface area contributed by atoms with E-state index in [9.17, 15) is 0 Å². The standard InChI is InChI=1S/C13H15N7/c14-7-4-8-19(11-5-2-1-3-6-11)13-10-15-9-12-16-17-18-20(12)13/h1-3,5-6,9-10H,4,7-8,14H2. The number of anilines is 2. The molecule has 102 valence electrons. The van der Waals surface area contributed by atoms with Gasteiger partial charge in [-0.25, -0.2) is 0 Å². The van der Waals surface area contributed by atoms with Crippen LogP contribution in [0.3, 0.4) is 0 Å². The van der Waals surface area contributed by atoms with Crippen molar-refractivity contribution < 1.29 is 0 Å². The first-order chi connectivity index (χ1) is 9.90. The molecule has 0 spiro atoms. The Balaban J connectivity index is 2.07. The van der Waals surface area contributed by atoms with Crippen LogP contribution in [-0.4, -0.2) is 38.1 Å². The van der Waals surface area contributed by atoms with Crippen molar-refractivity contribution >= 4 is 17.2 Å². The highest BCUT2D eigenvalue weighted by Crippen LogP contribution is 2.24. The third-order valence-corrected chi connectivity index (χ3v) is 3.02. The normalized spacial score (nSPS) is 10.8. The highest BCUT2D eigenvalue weighted by Gasteiger charge is 2.14. The SMILES string of the molecule is NCCCN(c1ccccc1)c1cncc2nnnn12. The quantitative estimate of drug-likeness (QED) is 0.744. The van der Waals surface area contributed by atoms with Crippen LogP contribution in [0.2, 0.25) is 0 Å². The Morgan fingerprint density at radius 2 is 2.00 bits per heavy atom. The molecule has 2 heterocycles. The molecule has 2 aromatic heterocycles. The maximum atomic E-state index is 5.64. The summed E-state index contributed by atoms with van der Waals surface area (Å²) >= 11 is 0. The van der Waals surface area contributed by atoms with Crippen LogP contribution in [0.1, 0.15) is 6.42 Å². The lowest BCUT2D eigenvalue weighted by Crippen LogP contribution is -2.23. The predicted molar refractivity (Wildman–Crippen MR) is 75.7 cm³/mol. The zero-order valence-electron chi connectivity index (χ0n) is 10.9. The van der Waals surface area contributed by atoms with E-state index in [0.29, 0.717) is 12.2 Å². The maximum Gasteiger partial charge on any atom is 0.199 e. The molecule has 7 nitrogen and oxygen atoms in total. The molecule has 2 N–H and O–H groups in total. The fourth-order valence-electron chi connectivity index (χ4n) is 2.08. The molecule has 0 unspecified atom stereocenters. The Morgan fingerprint density at radius 1 is 1.15 bits per heavy atom. The fraction of sp³-hybridized carbons (Fsp3) is 0.231. The molecule has 3 aromatic rings. The Labute approximate surface area is 116 Å². The molecule has 0 saturated carbocycles. The second kappa shape index (κ2) is 5.62. The average Bonchev–Trinajstić information content (AvgIpc) is 2.98. The van der Waals surface area contributed by atoms with E-state index in [-0.39, 0.29) is 0 Å². The number of hydrogen-bond acceptors (Lipinski definition) is 6. The molecule has 0 bridgehead atoms. The van der Waals surface area contributed by atoms with Crippen molar-refractivity contribution in [1.29, 1.82) is 0 Å². The number of fused-ring (bicyclic) bond motifs is 1. The monoisotopic (exact) mass is 269 g/mol. The minimum atomic E-state index is 0.621. The van der Waals surface area contributed by atoms with Crippen molar-refractivity contribution in [2.75, 3.05) is 18.0 Å². The molecule has 3 rings (SSSR count). The number of rotatable bonds is 5. The number of nitrogens with two attached hydrogens (primary N) is 1. The van der Waals surface area contributed by atoms with E-state index in [2.05, 4.69) is 25.4 Å². The van der Waals surface area contributed by atoms with Crippen molar-refractivity contribution in [2.45, 2.75) is 6.42 Å². The molecule has 0 fully saturated rings. The summed E-state index contributed by atoms with van der Waals surface area (Å²) in [6, 6.07) is 10.1. The van der Waals surface area contributed by atoms with Crippen LogP contribution in [0, 0.1) is 0 Å². The number of hydrogen-bond donors (Lipinski definition) is 1. The van der Waals surface area contributed by atoms with Gasteiger partial charge >= 0.3 is 0 Å². The van der Waals surface area contributed by atoms with Crippen LogP contribution < -0.4 is 10.6 Å². The van der Waals surface area contributed by atoms with Crippen LogP contribution in [-0.2, 0) is 0 Å². The van der Waals surface area contributed by atoms with Crippen molar-refractivity contribution in [3.05, 3.63) is 42.7 Å². The Hall–Kier alpha value is -2.54. The van der Waals surface area contributed by atoms with Gasteiger partial charge in [0.2, 0.25) is 0 Å². The summed E-state index contributed by atoms with van der Waals surface area (Å²) < 4.78 is 1.68. The third kappa shape index (κ3) is 2.30. The molecule has 0 aliphatic heterocycles. The lowest BCUT2D eigenvalue weighted by molar-refractivity contribution is 0.767. The number of tetrazole rings is 1. The lowest BCUT2D eigenvalue weighted by atomic mass is 10.2. The number of aromatic nitrogens is 5. The summed E-state index contributed by atoms with van der Waals surface area (Å²) in [5.41, 5.74) is 7.32. The second-order valence-corrected chi connectivity index (χ2v) is 4.34. The predicted octanol–water partition coefficient (Wildman–Crippen LogP) is 1.01. The van der Waals surface area contributed by atoms with Gasteiger partial charge in [-0.05, 0) is 35.5 Å². The van der Waals surface area contributed by atoms with E-state index >= 15 is 0 Å². The molecule has 0 atom stereocenters. The van der Waals surface area contributed by atoms with Crippen molar-refractivity contribution in [3.8, 4) is 0 Å². The van der Waals surface area contributed by atoms with Gasteiger partial charge in [-0.2, -0.15) is 4.52 Å². The van der Waals surface area contributed by atoms with Crippen LogP contribution >= 0.6 is 0 Å². The van der Waals surface area contributed by atoms with Crippen molar-refractivity contribution in [3.63, 3.8) is 0 Å². The average molecular weight is 269 g/mol. The van der Waals surface area contributed by atoms with Gasteiger partial charge in [0.05, 0.1) is 12.4 Å². The molecule has 20 heavy (non-hydrogen) atoms. The molecular formula is C13H15N7. The zero-order valence-corrected chi connectivity index (χ0v) is 10.9. The van der Waals surface area contributed by atoms with Gasteiger partial charge in [-0.1, -0.05) is 18.2 Å². The fourth-order valence-corrected chi connectivity index (χ4v) is 2.08. The minimum Gasteiger partial charge on any atom is -0.330 e. The lowest BCUT2D eigenvalue weighted by Gasteiger charge is -2.24. The summed E-state index contributed by atoms with van der Waals surface area (Å²) in [5.74, 6) is 0.826. The molecule has 0 aliphatic rings. The van der Waals surface area contributed by atoms with Crippen LogP contribution in [0.5, 0.6) is 0 Å². The first kappa shape index (κ1) is 12.5. The molecule has 7 heteroatoms. The molecule has 0 aliphatic carbocycles. The van der Waals surface area contributed by atoms with Gasteiger partial charge in [0.25, 0.3) is 0 Å². The topological polar surface area (TPSA) is 85.2 Å². The van der Waals surface area contributed by atoms with Crippen LogP contribution in [0.15, 0.2) is 42.7 Å². The van der Waals surface area contributed by atoms with E-state index in [4.69, 9.17) is 5.73 Å². The van der Waals surface area contributed by atoms with Gasteiger partial charge in [0.15, 0.2) is 11.5 Å². The Bertz CT molecular complexity index is 679. The molecule has 0 saturated heterocycles. The van der Waals surface area contributed by atoms with E-state index in [0.717, 1.165) is 24.5 Å². The van der Waals surface area contributed by atoms with E-state index in [1.54, 1.807) is 16.9 Å². The third-order valence-electron chi connectivity index (χ3n) is 3.02. The summed E-state index contributed by atoms with van der Waals surface area (Å²) in [7, 11) is 0. The molecule has 1 aromatic carbocycles. The largest absolute Gasteiger partial charge is 0.330 e. The van der Waals surface area contributed by atoms with E-state index in [1.807, 2.05) is 30.3 Å². The first-order valence-corrected chi connectivity index (χ1v) is 6.45. The van der Waals surface area contributed by atoms with Crippen molar-refractivity contribution in [2.24, 2.45) is 5.73 Å². The first-order valence-electron chi connectivity index (χ1n) is 6.45. The highest BCUT2D eigenvalue weighted by atomic mass is 15.5. The van der Waals surface area contributed by atoms with Gasteiger partial charge in [0, 0.05) is 12.2 Å². The molecule has 0 radical (unpaired) electrons. The van der Waals surface area contributed by atoms with Crippen LogP contribution in [0.4, 0.5) is 11.5 Å². The van der Waals surface area contributed by atoms with Gasteiger partial charge in [-0.15, -0.1) is 5.10 Å². The summed E-state index contributed by atoms with van der Waals surface area (Å²) in [6.45, 7) is 1.41. The smallest absolute Gasteiger partial charge is 0.199 e. The van der Waals surface area contributed by atoms with Crippen LogP contribution in [0.25, 0.3) is 5.65 Å². The molecule has 0 amide bonds. The van der Waals surface area contributed by atoms with Gasteiger partial charge in [0.1, 0.15) is 0 Å². The number of benzene rings is 1. The summed E-state index contributed by atoms with van der Waals surface area (Å²) in [4.78, 5) is 6.32. The van der Waals surface area contributed by atoms with E-state index in [1.165, 1.54) is 0 Å². The Kier molecular flexibility index (Phi) is 3.51. The van der Waals surface area contributed by atoms with Gasteiger partial charge in [-0.3, -0.25) is 4.98 Å². The minimum absolute atomic E-state index is 0.621. The highest BCUT2D eigenvalue weighted by molar-refractivity contribution is 5.61. The van der Waals surface area contributed by atoms with Crippen molar-refractivity contribution in [1.82, 2.24) is 25.0 Å². The Morgan fingerprint density at radius 3 is 2.80 bits per heavy atom. The second-order valence-electron chi connectivity index (χ2n) is 4.34.